The number of hydrogen-bond acceptors (Lipinski definition) is 3. The fraction of sp³-hybridized carbons (Fsp3) is 0.526. The molecule has 128 valence electrons. The van der Waals surface area contributed by atoms with E-state index in [0.717, 1.165) is 37.3 Å². The summed E-state index contributed by atoms with van der Waals surface area (Å²) in [5, 5.41) is 4.25. The number of hydrogen-bond donors (Lipinski definition) is 0. The molecule has 2 aromatic heterocycles. The molecule has 5 heteroatoms. The van der Waals surface area contributed by atoms with Gasteiger partial charge in [-0.25, -0.2) is 0 Å². The lowest BCUT2D eigenvalue weighted by Crippen LogP contribution is -2.38. The predicted molar refractivity (Wildman–Crippen MR) is 94.3 cm³/mol. The maximum absolute atomic E-state index is 12.5. The van der Waals surface area contributed by atoms with Crippen molar-refractivity contribution in [2.75, 3.05) is 13.1 Å². The molecule has 1 aliphatic rings. The largest absolute Gasteiger partial charge is 0.342 e. The van der Waals surface area contributed by atoms with E-state index in [9.17, 15) is 4.79 Å². The molecule has 0 bridgehead atoms. The average molecular weight is 326 g/mol. The number of likely N-dealkylation sites (tertiary alicyclic amines) is 1. The molecule has 0 spiro atoms. The highest BCUT2D eigenvalue weighted by Gasteiger charge is 2.33. The van der Waals surface area contributed by atoms with E-state index in [-0.39, 0.29) is 11.3 Å². The molecule has 24 heavy (non-hydrogen) atoms. The number of aromatic nitrogens is 3. The first-order valence-electron chi connectivity index (χ1n) is 8.58. The lowest BCUT2D eigenvalue weighted by atomic mass is 9.94. The number of carbonyl (C=O) groups is 1. The van der Waals surface area contributed by atoms with Crippen LogP contribution < -0.4 is 0 Å². The molecule has 1 unspecified atom stereocenters. The van der Waals surface area contributed by atoms with Gasteiger partial charge in [-0.05, 0) is 36.5 Å². The van der Waals surface area contributed by atoms with Crippen molar-refractivity contribution in [1.82, 2.24) is 19.7 Å². The van der Waals surface area contributed by atoms with Crippen LogP contribution in [0, 0.1) is 11.3 Å². The topological polar surface area (TPSA) is 51.0 Å². The normalized spacial score (nSPS) is 18.2. The third-order valence-electron chi connectivity index (χ3n) is 4.68. The summed E-state index contributed by atoms with van der Waals surface area (Å²) in [7, 11) is 1.94. The van der Waals surface area contributed by atoms with Crippen LogP contribution in [0.1, 0.15) is 32.8 Å². The van der Waals surface area contributed by atoms with E-state index in [1.165, 1.54) is 5.56 Å². The maximum Gasteiger partial charge on any atom is 0.227 e. The molecular weight excluding hydrogens is 300 g/mol. The highest BCUT2D eigenvalue weighted by Crippen LogP contribution is 2.29. The summed E-state index contributed by atoms with van der Waals surface area (Å²) < 4.78 is 1.86. The molecule has 2 aromatic rings. The summed E-state index contributed by atoms with van der Waals surface area (Å²) in [5.74, 6) is 0.746. The van der Waals surface area contributed by atoms with Crippen LogP contribution in [0.2, 0.25) is 0 Å². The number of pyridine rings is 1. The van der Waals surface area contributed by atoms with Gasteiger partial charge in [0.25, 0.3) is 0 Å². The minimum atomic E-state index is -0.303. The monoisotopic (exact) mass is 326 g/mol. The van der Waals surface area contributed by atoms with Crippen LogP contribution >= 0.6 is 0 Å². The first kappa shape index (κ1) is 16.7. The third-order valence-corrected chi connectivity index (χ3v) is 4.68. The second-order valence-corrected chi connectivity index (χ2v) is 7.71. The molecule has 1 amide bonds. The number of nitrogens with zero attached hydrogens (tertiary/aromatic N) is 4. The quantitative estimate of drug-likeness (QED) is 0.871. The second-order valence-electron chi connectivity index (χ2n) is 7.71. The molecule has 3 heterocycles. The third kappa shape index (κ3) is 3.35. The Morgan fingerprint density at radius 2 is 2.08 bits per heavy atom. The number of carbonyl (C=O) groups excluding carboxylic acids is 1. The molecule has 0 aliphatic carbocycles. The summed E-state index contributed by atoms with van der Waals surface area (Å²) >= 11 is 0. The highest BCUT2D eigenvalue weighted by molar-refractivity contribution is 5.81. The van der Waals surface area contributed by atoms with Gasteiger partial charge >= 0.3 is 0 Å². The molecule has 1 fully saturated rings. The minimum Gasteiger partial charge on any atom is -0.342 e. The van der Waals surface area contributed by atoms with Gasteiger partial charge in [0, 0.05) is 37.9 Å². The fourth-order valence-electron chi connectivity index (χ4n) is 3.41. The predicted octanol–water partition coefficient (Wildman–Crippen LogP) is 2.92. The average Bonchev–Trinajstić information content (AvgIpc) is 3.15. The highest BCUT2D eigenvalue weighted by atomic mass is 16.2. The van der Waals surface area contributed by atoms with Crippen molar-refractivity contribution < 1.29 is 4.79 Å². The first-order valence-corrected chi connectivity index (χ1v) is 8.58. The second kappa shape index (κ2) is 6.38. The van der Waals surface area contributed by atoms with Gasteiger partial charge in [0.2, 0.25) is 5.91 Å². The molecule has 1 atom stereocenters. The van der Waals surface area contributed by atoms with Crippen molar-refractivity contribution in [3.8, 4) is 11.4 Å². The number of aryl methyl sites for hydroxylation is 1. The van der Waals surface area contributed by atoms with Crippen LogP contribution in [-0.2, 0) is 18.3 Å². The van der Waals surface area contributed by atoms with Crippen LogP contribution in [0.15, 0.2) is 30.6 Å². The van der Waals surface area contributed by atoms with Gasteiger partial charge < -0.3 is 4.90 Å². The number of amides is 1. The Hall–Kier alpha value is -2.17. The Bertz CT molecular complexity index is 729. The fourth-order valence-corrected chi connectivity index (χ4v) is 3.41. The summed E-state index contributed by atoms with van der Waals surface area (Å²) in [6.07, 6.45) is 5.63. The van der Waals surface area contributed by atoms with Crippen LogP contribution in [0.3, 0.4) is 0 Å². The Balaban J connectivity index is 1.75. The molecule has 0 N–H and O–H groups in total. The molecule has 5 nitrogen and oxygen atoms in total. The van der Waals surface area contributed by atoms with Crippen LogP contribution in [0.4, 0.5) is 0 Å². The smallest absolute Gasteiger partial charge is 0.227 e. The Morgan fingerprint density at radius 1 is 1.29 bits per heavy atom. The van der Waals surface area contributed by atoms with Crippen molar-refractivity contribution in [3.63, 3.8) is 0 Å². The van der Waals surface area contributed by atoms with Crippen molar-refractivity contribution in [2.45, 2.75) is 33.6 Å². The zero-order valence-electron chi connectivity index (χ0n) is 15.0. The lowest BCUT2D eigenvalue weighted by Gasteiger charge is -2.25. The van der Waals surface area contributed by atoms with Crippen molar-refractivity contribution >= 4 is 5.91 Å². The van der Waals surface area contributed by atoms with Gasteiger partial charge in [0.1, 0.15) is 0 Å². The first-order chi connectivity index (χ1) is 11.4. The summed E-state index contributed by atoms with van der Waals surface area (Å²) in [6.45, 7) is 7.68. The molecular formula is C19H26N4O. The molecule has 0 radical (unpaired) electrons. The van der Waals surface area contributed by atoms with Crippen molar-refractivity contribution in [3.05, 3.63) is 36.2 Å². The van der Waals surface area contributed by atoms with Gasteiger partial charge in [-0.15, -0.1) is 0 Å². The van der Waals surface area contributed by atoms with Crippen LogP contribution in [0.5, 0.6) is 0 Å². The Kier molecular flexibility index (Phi) is 4.43. The van der Waals surface area contributed by atoms with Crippen LogP contribution in [-0.4, -0.2) is 38.7 Å². The molecule has 0 saturated carbocycles. The van der Waals surface area contributed by atoms with E-state index in [1.54, 1.807) is 6.20 Å². The van der Waals surface area contributed by atoms with Gasteiger partial charge in [-0.1, -0.05) is 26.8 Å². The lowest BCUT2D eigenvalue weighted by molar-refractivity contribution is -0.138. The van der Waals surface area contributed by atoms with Crippen molar-refractivity contribution in [1.29, 1.82) is 0 Å². The maximum atomic E-state index is 12.5. The van der Waals surface area contributed by atoms with E-state index in [4.69, 9.17) is 0 Å². The van der Waals surface area contributed by atoms with Gasteiger partial charge in [-0.3, -0.25) is 14.5 Å². The zero-order valence-corrected chi connectivity index (χ0v) is 15.0. The number of rotatable bonds is 3. The Morgan fingerprint density at radius 3 is 2.75 bits per heavy atom. The van der Waals surface area contributed by atoms with Gasteiger partial charge in [0.15, 0.2) is 0 Å². The molecule has 1 aliphatic heterocycles. The molecule has 0 aromatic carbocycles. The summed E-state index contributed by atoms with van der Waals surface area (Å²) in [6, 6.07) is 6.13. The van der Waals surface area contributed by atoms with Gasteiger partial charge in [0.05, 0.1) is 11.4 Å². The van der Waals surface area contributed by atoms with Crippen molar-refractivity contribution in [2.24, 2.45) is 18.4 Å². The molecule has 3 rings (SSSR count). The Labute approximate surface area is 143 Å². The summed E-state index contributed by atoms with van der Waals surface area (Å²) in [4.78, 5) is 19.1. The van der Waals surface area contributed by atoms with Gasteiger partial charge in [-0.2, -0.15) is 5.10 Å². The van der Waals surface area contributed by atoms with E-state index < -0.39 is 0 Å². The van der Waals surface area contributed by atoms with E-state index in [2.05, 4.69) is 16.1 Å². The van der Waals surface area contributed by atoms with E-state index in [1.807, 2.05) is 55.7 Å². The van der Waals surface area contributed by atoms with Crippen LogP contribution in [0.25, 0.3) is 11.4 Å². The molecule has 1 saturated heterocycles. The zero-order chi connectivity index (χ0) is 17.3. The van der Waals surface area contributed by atoms with E-state index in [0.29, 0.717) is 5.92 Å². The van der Waals surface area contributed by atoms with E-state index >= 15 is 0 Å². The summed E-state index contributed by atoms with van der Waals surface area (Å²) in [5.41, 5.74) is 2.96. The standard InChI is InChI=1S/C19H26N4O/c1-19(2,3)18(24)23-11-8-14(13-23)12-15-6-5-9-20-17(15)16-7-10-21-22(16)4/h5-7,9-10,14H,8,11-13H2,1-4H3. The SMILES string of the molecule is Cn1nccc1-c1ncccc1CC1CCN(C(=O)C(C)(C)C)C1. The minimum absolute atomic E-state index is 0.253.